The quantitative estimate of drug-likeness (QED) is 0.258. The highest BCUT2D eigenvalue weighted by molar-refractivity contribution is 7.89. The highest BCUT2D eigenvalue weighted by Crippen LogP contribution is 2.33. The Bertz CT molecular complexity index is 1630. The van der Waals surface area contributed by atoms with E-state index in [2.05, 4.69) is 43.9 Å². The van der Waals surface area contributed by atoms with Crippen LogP contribution in [0.15, 0.2) is 65.6 Å². The summed E-state index contributed by atoms with van der Waals surface area (Å²) in [5.41, 5.74) is 5.83. The van der Waals surface area contributed by atoms with E-state index in [-0.39, 0.29) is 10.8 Å². The van der Waals surface area contributed by atoms with Crippen LogP contribution in [0.2, 0.25) is 0 Å². The molecule has 3 aromatic carbocycles. The van der Waals surface area contributed by atoms with E-state index in [1.165, 1.54) is 21.2 Å². The fraction of sp³-hybridized carbons (Fsp3) is 0.355. The van der Waals surface area contributed by atoms with Crippen LogP contribution in [-0.4, -0.2) is 61.2 Å². The van der Waals surface area contributed by atoms with Crippen LogP contribution in [0, 0.1) is 13.8 Å². The van der Waals surface area contributed by atoms with E-state index < -0.39 is 10.0 Å². The van der Waals surface area contributed by atoms with Gasteiger partial charge in [-0.2, -0.15) is 4.31 Å². The Balaban J connectivity index is 1.42. The SMILES string of the molecule is CCN(CC)CCN(C(=O)c1ccc(S(=O)(=O)N2CCc3ccccc3C2)cc1)c1nc2c(C)cc(C)cc2s1. The number of likely N-dealkylation sites (N-methyl/N-ethyl adjacent to an activating group) is 1. The number of fused-ring (bicyclic) bond motifs is 2. The van der Waals surface area contributed by atoms with Crippen LogP contribution in [0.4, 0.5) is 5.13 Å². The summed E-state index contributed by atoms with van der Waals surface area (Å²) in [7, 11) is -3.68. The van der Waals surface area contributed by atoms with Crippen LogP contribution < -0.4 is 4.90 Å². The van der Waals surface area contributed by atoms with Crippen molar-refractivity contribution in [2.24, 2.45) is 0 Å². The van der Waals surface area contributed by atoms with E-state index in [1.807, 2.05) is 25.1 Å². The number of hydrogen-bond donors (Lipinski definition) is 0. The van der Waals surface area contributed by atoms with Crippen LogP contribution in [0.1, 0.15) is 46.5 Å². The van der Waals surface area contributed by atoms with Gasteiger partial charge in [-0.25, -0.2) is 13.4 Å². The fourth-order valence-electron chi connectivity index (χ4n) is 5.29. The molecule has 210 valence electrons. The van der Waals surface area contributed by atoms with Gasteiger partial charge < -0.3 is 4.90 Å². The Morgan fingerprint density at radius 1 is 0.975 bits per heavy atom. The van der Waals surface area contributed by atoms with Crippen molar-refractivity contribution < 1.29 is 13.2 Å². The number of hydrogen-bond acceptors (Lipinski definition) is 6. The molecule has 0 radical (unpaired) electrons. The number of rotatable bonds is 9. The molecule has 9 heteroatoms. The lowest BCUT2D eigenvalue weighted by molar-refractivity contribution is 0.0983. The summed E-state index contributed by atoms with van der Waals surface area (Å²) < 4.78 is 29.5. The van der Waals surface area contributed by atoms with Crippen LogP contribution in [0.5, 0.6) is 0 Å². The standard InChI is InChI=1S/C31H36N4O3S2/c1-5-33(6-2)17-18-35(31-32-29-23(4)19-22(3)20-28(29)39-31)30(36)25-11-13-27(14-12-25)40(37,38)34-16-15-24-9-7-8-10-26(24)21-34/h7-14,19-20H,5-6,15-18,21H2,1-4H3. The van der Waals surface area contributed by atoms with Gasteiger partial charge in [0.1, 0.15) is 0 Å². The molecular weight excluding hydrogens is 541 g/mol. The third kappa shape index (κ3) is 5.69. The number of amides is 1. The van der Waals surface area contributed by atoms with Gasteiger partial charge in [-0.3, -0.25) is 9.69 Å². The molecule has 1 amide bonds. The third-order valence-corrected chi connectivity index (χ3v) is 10.5. The van der Waals surface area contributed by atoms with Crippen molar-refractivity contribution in [2.45, 2.75) is 45.6 Å². The zero-order valence-electron chi connectivity index (χ0n) is 23.6. The van der Waals surface area contributed by atoms with Crippen molar-refractivity contribution in [3.05, 3.63) is 88.5 Å². The van der Waals surface area contributed by atoms with E-state index in [1.54, 1.807) is 29.2 Å². The van der Waals surface area contributed by atoms with E-state index >= 15 is 0 Å². The van der Waals surface area contributed by atoms with Gasteiger partial charge in [0.15, 0.2) is 5.13 Å². The van der Waals surface area contributed by atoms with E-state index in [4.69, 9.17) is 4.98 Å². The number of nitrogens with zero attached hydrogens (tertiary/aromatic N) is 4. The van der Waals surface area contributed by atoms with Crippen LogP contribution >= 0.6 is 11.3 Å². The molecule has 0 fully saturated rings. The molecule has 0 saturated carbocycles. The summed E-state index contributed by atoms with van der Waals surface area (Å²) in [6.45, 7) is 12.1. The normalized spacial score (nSPS) is 14.0. The monoisotopic (exact) mass is 576 g/mol. The molecule has 0 N–H and O–H groups in total. The van der Waals surface area contributed by atoms with Crippen LogP contribution in [0.3, 0.4) is 0 Å². The fourth-order valence-corrected chi connectivity index (χ4v) is 7.87. The molecule has 40 heavy (non-hydrogen) atoms. The molecule has 0 aliphatic carbocycles. The highest BCUT2D eigenvalue weighted by Gasteiger charge is 2.29. The smallest absolute Gasteiger partial charge is 0.260 e. The molecule has 0 saturated heterocycles. The zero-order chi connectivity index (χ0) is 28.4. The predicted molar refractivity (Wildman–Crippen MR) is 163 cm³/mol. The molecule has 7 nitrogen and oxygen atoms in total. The minimum absolute atomic E-state index is 0.184. The first kappa shape index (κ1) is 28.4. The zero-order valence-corrected chi connectivity index (χ0v) is 25.2. The molecule has 1 aromatic heterocycles. The molecule has 2 heterocycles. The number of carbonyl (C=O) groups is 1. The Hall–Kier alpha value is -3.11. The molecule has 0 unspecified atom stereocenters. The number of anilines is 1. The molecule has 1 aliphatic heterocycles. The second kappa shape index (κ2) is 11.8. The summed E-state index contributed by atoms with van der Waals surface area (Å²) >= 11 is 1.52. The first-order valence-electron chi connectivity index (χ1n) is 13.8. The average molecular weight is 577 g/mol. The summed E-state index contributed by atoms with van der Waals surface area (Å²) in [5.74, 6) is -0.184. The van der Waals surface area contributed by atoms with Crippen molar-refractivity contribution in [3.63, 3.8) is 0 Å². The maximum absolute atomic E-state index is 13.9. The molecule has 0 bridgehead atoms. The summed E-state index contributed by atoms with van der Waals surface area (Å²) in [6.07, 6.45) is 0.689. The second-order valence-corrected chi connectivity index (χ2v) is 13.2. The lowest BCUT2D eigenvalue weighted by Crippen LogP contribution is -2.39. The minimum atomic E-state index is -3.68. The maximum Gasteiger partial charge on any atom is 0.260 e. The first-order valence-corrected chi connectivity index (χ1v) is 16.1. The summed E-state index contributed by atoms with van der Waals surface area (Å²) in [6, 6.07) is 18.5. The van der Waals surface area contributed by atoms with Gasteiger partial charge in [0.25, 0.3) is 5.91 Å². The number of benzene rings is 3. The molecule has 5 rings (SSSR count). The molecular formula is C31H36N4O3S2. The second-order valence-electron chi connectivity index (χ2n) is 10.3. The molecule has 4 aromatic rings. The molecule has 0 spiro atoms. The van der Waals surface area contributed by atoms with Crippen LogP contribution in [0.25, 0.3) is 10.2 Å². The maximum atomic E-state index is 13.9. The van der Waals surface area contributed by atoms with E-state index in [0.717, 1.165) is 46.5 Å². The van der Waals surface area contributed by atoms with Crippen molar-refractivity contribution in [3.8, 4) is 0 Å². The predicted octanol–water partition coefficient (Wildman–Crippen LogP) is 5.65. The van der Waals surface area contributed by atoms with Gasteiger partial charge in [-0.15, -0.1) is 0 Å². The van der Waals surface area contributed by atoms with Crippen LogP contribution in [-0.2, 0) is 23.0 Å². The largest absolute Gasteiger partial charge is 0.302 e. The Labute approximate surface area is 241 Å². The Morgan fingerprint density at radius 3 is 2.38 bits per heavy atom. The van der Waals surface area contributed by atoms with Crippen molar-refractivity contribution >= 4 is 42.6 Å². The van der Waals surface area contributed by atoms with Crippen molar-refractivity contribution in [2.75, 3.05) is 37.6 Å². The lowest BCUT2D eigenvalue weighted by Gasteiger charge is -2.28. The summed E-state index contributed by atoms with van der Waals surface area (Å²) in [4.78, 5) is 23.0. The average Bonchev–Trinajstić information content (AvgIpc) is 3.39. The van der Waals surface area contributed by atoms with Gasteiger partial charge in [0.2, 0.25) is 10.0 Å². The third-order valence-electron chi connectivity index (χ3n) is 7.66. The van der Waals surface area contributed by atoms with Gasteiger partial charge in [-0.1, -0.05) is 55.5 Å². The van der Waals surface area contributed by atoms with Gasteiger partial charge in [-0.05, 0) is 85.9 Å². The van der Waals surface area contributed by atoms with E-state index in [9.17, 15) is 13.2 Å². The van der Waals surface area contributed by atoms with Gasteiger partial charge >= 0.3 is 0 Å². The number of sulfonamides is 1. The minimum Gasteiger partial charge on any atom is -0.302 e. The van der Waals surface area contributed by atoms with Gasteiger partial charge in [0, 0.05) is 31.7 Å². The topological polar surface area (TPSA) is 73.8 Å². The number of carbonyl (C=O) groups excluding carboxylic acids is 1. The molecule has 1 aliphatic rings. The number of thiazole rings is 1. The summed E-state index contributed by atoms with van der Waals surface area (Å²) in [5, 5.41) is 0.657. The number of aryl methyl sites for hydroxylation is 2. The van der Waals surface area contributed by atoms with Crippen molar-refractivity contribution in [1.29, 1.82) is 0 Å². The Morgan fingerprint density at radius 2 is 1.68 bits per heavy atom. The highest BCUT2D eigenvalue weighted by atomic mass is 32.2. The van der Waals surface area contributed by atoms with Crippen molar-refractivity contribution in [1.82, 2.24) is 14.2 Å². The first-order chi connectivity index (χ1) is 19.2. The van der Waals surface area contributed by atoms with E-state index in [0.29, 0.717) is 36.8 Å². The molecule has 0 atom stereocenters. The lowest BCUT2D eigenvalue weighted by atomic mass is 10.0. The van der Waals surface area contributed by atoms with Gasteiger partial charge in [0.05, 0.1) is 15.1 Å². The number of aromatic nitrogens is 1. The Kier molecular flexibility index (Phi) is 8.37.